The molecule has 1 aromatic heterocycles. The van der Waals surface area contributed by atoms with Crippen molar-refractivity contribution in [2.75, 3.05) is 16.8 Å². The van der Waals surface area contributed by atoms with E-state index in [1.165, 1.54) is 11.0 Å². The van der Waals surface area contributed by atoms with Crippen molar-refractivity contribution in [1.29, 1.82) is 5.26 Å². The third-order valence-electron chi connectivity index (χ3n) is 11.0. The summed E-state index contributed by atoms with van der Waals surface area (Å²) < 4.78 is 20.9. The molecule has 10 nitrogen and oxygen atoms in total. The second-order valence-electron chi connectivity index (χ2n) is 14.1. The summed E-state index contributed by atoms with van der Waals surface area (Å²) in [5.74, 6) is -0.453. The highest BCUT2D eigenvalue weighted by atomic mass is 19.1. The first-order chi connectivity index (χ1) is 23.1. The summed E-state index contributed by atoms with van der Waals surface area (Å²) in [4.78, 5) is 41.0. The molecule has 3 aromatic rings. The van der Waals surface area contributed by atoms with Gasteiger partial charge in [0.25, 0.3) is 5.91 Å². The predicted octanol–water partition coefficient (Wildman–Crippen LogP) is 5.99. The first kappa shape index (κ1) is 31.9. The maximum Gasteiger partial charge on any atom is 0.255 e. The number of halogens is 1. The molecule has 3 fully saturated rings. The summed E-state index contributed by atoms with van der Waals surface area (Å²) in [6, 6.07) is 13.3. The molecule has 2 atom stereocenters. The van der Waals surface area contributed by atoms with Crippen LogP contribution in [0.15, 0.2) is 40.9 Å². The van der Waals surface area contributed by atoms with Crippen LogP contribution in [0.4, 0.5) is 15.8 Å². The first-order valence-corrected chi connectivity index (χ1v) is 17.0. The lowest BCUT2D eigenvalue weighted by molar-refractivity contribution is -0.136. The Morgan fingerprint density at radius 3 is 2.48 bits per heavy atom. The number of piperidine rings is 1. The number of hydrogen-bond acceptors (Lipinski definition) is 8. The number of anilines is 2. The minimum atomic E-state index is -0.734. The fourth-order valence-electron chi connectivity index (χ4n) is 7.98. The summed E-state index contributed by atoms with van der Waals surface area (Å²) in [5.41, 5.74) is 5.14. The van der Waals surface area contributed by atoms with E-state index < -0.39 is 17.8 Å². The lowest BCUT2D eigenvalue weighted by atomic mass is 9.85. The number of fused-ring (bicyclic) bond motifs is 1. The molecule has 2 saturated carbocycles. The Bertz CT molecular complexity index is 1780. The summed E-state index contributed by atoms with van der Waals surface area (Å²) >= 11 is 0. The van der Waals surface area contributed by atoms with Crippen LogP contribution in [0.1, 0.15) is 103 Å². The molecule has 2 N–H and O–H groups in total. The van der Waals surface area contributed by atoms with Crippen molar-refractivity contribution in [3.63, 3.8) is 0 Å². The van der Waals surface area contributed by atoms with Gasteiger partial charge in [0.1, 0.15) is 17.6 Å². The van der Waals surface area contributed by atoms with Crippen LogP contribution in [0, 0.1) is 36.9 Å². The lowest BCUT2D eigenvalue weighted by Gasteiger charge is -2.38. The largest absolute Gasteiger partial charge is 0.380 e. The van der Waals surface area contributed by atoms with Gasteiger partial charge in [0.15, 0.2) is 0 Å². The van der Waals surface area contributed by atoms with E-state index in [1.54, 1.807) is 6.07 Å². The Morgan fingerprint density at radius 2 is 1.85 bits per heavy atom. The van der Waals surface area contributed by atoms with Crippen molar-refractivity contribution in [1.82, 2.24) is 15.4 Å². The van der Waals surface area contributed by atoms with E-state index in [-0.39, 0.29) is 54.3 Å². The molecular weight excluding hydrogens is 611 g/mol. The number of amides is 3. The quantitative estimate of drug-likeness (QED) is 0.270. The third kappa shape index (κ3) is 5.82. The molecule has 4 aliphatic rings. The fourth-order valence-corrected chi connectivity index (χ4v) is 7.98. The molecule has 250 valence electrons. The lowest BCUT2D eigenvalue weighted by Crippen LogP contribution is -2.52. The zero-order valence-electron chi connectivity index (χ0n) is 27.6. The predicted molar refractivity (Wildman–Crippen MR) is 177 cm³/mol. The number of nitriles is 1. The molecule has 3 amide bonds. The molecule has 2 aromatic carbocycles. The fraction of sp³-hybridized carbons (Fsp3) is 0.486. The van der Waals surface area contributed by atoms with Crippen LogP contribution < -0.4 is 15.5 Å². The maximum atomic E-state index is 15.3. The van der Waals surface area contributed by atoms with Crippen LogP contribution in [0.25, 0.3) is 0 Å². The molecule has 0 spiro atoms. The van der Waals surface area contributed by atoms with E-state index in [2.05, 4.69) is 57.9 Å². The van der Waals surface area contributed by atoms with Crippen LogP contribution >= 0.6 is 0 Å². The monoisotopic (exact) mass is 652 g/mol. The van der Waals surface area contributed by atoms with Gasteiger partial charge in [-0.2, -0.15) is 5.26 Å². The van der Waals surface area contributed by atoms with Gasteiger partial charge in [-0.05, 0) is 107 Å². The molecule has 1 saturated heterocycles. The molecule has 0 bridgehead atoms. The number of nitrogens with one attached hydrogen (secondary N) is 2. The highest BCUT2D eigenvalue weighted by Gasteiger charge is 2.45. The summed E-state index contributed by atoms with van der Waals surface area (Å²) in [6.45, 7) is 7.17. The smallest absolute Gasteiger partial charge is 0.255 e. The van der Waals surface area contributed by atoms with Crippen molar-refractivity contribution < 1.29 is 23.3 Å². The topological polar surface area (TPSA) is 132 Å². The van der Waals surface area contributed by atoms with Gasteiger partial charge >= 0.3 is 0 Å². The normalized spacial score (nSPS) is 23.7. The number of aromatic nitrogens is 1. The third-order valence-corrected chi connectivity index (χ3v) is 11.0. The molecular formula is C37H41FN6O4. The number of carbonyl (C=O) groups excluding carboxylic acids is 3. The Hall–Kier alpha value is -4.72. The van der Waals surface area contributed by atoms with Gasteiger partial charge in [0.05, 0.1) is 28.9 Å². The minimum Gasteiger partial charge on any atom is -0.380 e. The van der Waals surface area contributed by atoms with Crippen LogP contribution in [0.2, 0.25) is 0 Å². The average Bonchev–Trinajstić information content (AvgIpc) is 3.73. The molecule has 2 aliphatic carbocycles. The van der Waals surface area contributed by atoms with E-state index in [0.717, 1.165) is 73.3 Å². The van der Waals surface area contributed by atoms with Gasteiger partial charge in [-0.15, -0.1) is 0 Å². The van der Waals surface area contributed by atoms with Crippen molar-refractivity contribution >= 4 is 29.1 Å². The SMILES string of the molecule is Cc1noc(C)c1C(C)N(CC1CCC(Nc2cc3c(cc2F)C(=O)N(C2CCC(=O)NC2=O)C3)CC1)c1ccc(C2(C#N)CC2)cc1. The van der Waals surface area contributed by atoms with Crippen LogP contribution in [-0.2, 0) is 21.5 Å². The average molecular weight is 653 g/mol. The van der Waals surface area contributed by atoms with Gasteiger partial charge in [-0.3, -0.25) is 19.7 Å². The molecule has 0 radical (unpaired) electrons. The molecule has 2 unspecified atom stereocenters. The Balaban J connectivity index is 1.02. The van der Waals surface area contributed by atoms with Crippen LogP contribution in [-0.4, -0.2) is 46.4 Å². The van der Waals surface area contributed by atoms with Gasteiger partial charge in [0, 0.05) is 42.4 Å². The molecule has 48 heavy (non-hydrogen) atoms. The van der Waals surface area contributed by atoms with Gasteiger partial charge in [0.2, 0.25) is 11.8 Å². The Morgan fingerprint density at radius 1 is 1.12 bits per heavy atom. The van der Waals surface area contributed by atoms with Crippen molar-refractivity contribution in [3.8, 4) is 6.07 Å². The Kier molecular flexibility index (Phi) is 8.22. The van der Waals surface area contributed by atoms with Crippen molar-refractivity contribution in [2.45, 2.75) is 102 Å². The zero-order chi connectivity index (χ0) is 33.7. The highest BCUT2D eigenvalue weighted by molar-refractivity contribution is 6.05. The van der Waals surface area contributed by atoms with Crippen molar-refractivity contribution in [3.05, 3.63) is 75.9 Å². The van der Waals surface area contributed by atoms with Crippen LogP contribution in [0.3, 0.4) is 0 Å². The van der Waals surface area contributed by atoms with E-state index >= 15 is 4.39 Å². The van der Waals surface area contributed by atoms with E-state index in [9.17, 15) is 19.6 Å². The summed E-state index contributed by atoms with van der Waals surface area (Å²) in [7, 11) is 0. The second kappa shape index (κ2) is 12.4. The van der Waals surface area contributed by atoms with E-state index in [0.29, 0.717) is 17.2 Å². The standard InChI is InChI=1S/C37H41FN6O4/c1-21-34(23(3)48-42-21)22(2)43(28-10-6-26(7-11-28)37(20-39)14-15-37)18-24-4-8-27(9-5-24)40-31-16-25-19-44(36(47)29(25)17-30(31)38)32-12-13-33(45)41-35(32)46/h6-7,10-11,16-17,22,24,27,32,40H,4-5,8-9,12-15,18-19H2,1-3H3,(H,41,45,46). The summed E-state index contributed by atoms with van der Waals surface area (Å²) in [6.07, 6.45) is 5.94. The highest BCUT2D eigenvalue weighted by Crippen LogP contribution is 2.48. The molecule has 2 aliphatic heterocycles. The maximum absolute atomic E-state index is 15.3. The number of imide groups is 1. The molecule has 11 heteroatoms. The minimum absolute atomic E-state index is 0.0340. The first-order valence-electron chi connectivity index (χ1n) is 17.0. The molecule has 3 heterocycles. The van der Waals surface area contributed by atoms with Crippen LogP contribution in [0.5, 0.6) is 0 Å². The summed E-state index contributed by atoms with van der Waals surface area (Å²) in [5, 5.41) is 19.6. The Labute approximate surface area is 279 Å². The number of carbonyl (C=O) groups is 3. The molecule has 7 rings (SSSR count). The number of aryl methyl sites for hydroxylation is 2. The van der Waals surface area contributed by atoms with Gasteiger partial charge in [-0.1, -0.05) is 17.3 Å². The van der Waals surface area contributed by atoms with Gasteiger partial charge < -0.3 is 19.6 Å². The zero-order valence-corrected chi connectivity index (χ0v) is 27.6. The number of nitrogens with zero attached hydrogens (tertiary/aromatic N) is 4. The van der Waals surface area contributed by atoms with E-state index in [1.807, 2.05) is 13.8 Å². The number of hydrogen-bond donors (Lipinski definition) is 2. The van der Waals surface area contributed by atoms with Crippen molar-refractivity contribution in [2.24, 2.45) is 5.92 Å². The number of rotatable bonds is 9. The number of benzene rings is 2. The van der Waals surface area contributed by atoms with E-state index in [4.69, 9.17) is 4.52 Å². The van der Waals surface area contributed by atoms with Gasteiger partial charge in [-0.25, -0.2) is 4.39 Å². The second-order valence-corrected chi connectivity index (χ2v) is 14.1.